The van der Waals surface area contributed by atoms with E-state index in [2.05, 4.69) is 29.0 Å². The van der Waals surface area contributed by atoms with Crippen molar-refractivity contribution in [1.82, 2.24) is 19.8 Å². The molecule has 168 valence electrons. The highest BCUT2D eigenvalue weighted by molar-refractivity contribution is 5.94. The average Bonchev–Trinajstić information content (AvgIpc) is 2.82. The molecule has 0 radical (unpaired) electrons. The SMILES string of the molecule is CC(C)CC(CNC(=O)c1ccc(-n2cnc3ccccc3c2=O)cc1)N1CCOCC1. The Morgan fingerprint density at radius 3 is 2.53 bits per heavy atom. The number of nitrogens with one attached hydrogen (secondary N) is 1. The fraction of sp³-hybridized carbons (Fsp3) is 0.400. The van der Waals surface area contributed by atoms with Gasteiger partial charge in [-0.3, -0.25) is 19.1 Å². The van der Waals surface area contributed by atoms with Crippen molar-refractivity contribution >= 4 is 16.8 Å². The topological polar surface area (TPSA) is 76.5 Å². The molecule has 0 bridgehead atoms. The Morgan fingerprint density at radius 1 is 1.09 bits per heavy atom. The van der Waals surface area contributed by atoms with E-state index < -0.39 is 0 Å². The third-order valence-corrected chi connectivity index (χ3v) is 5.88. The van der Waals surface area contributed by atoms with Crippen molar-refractivity contribution in [2.45, 2.75) is 26.3 Å². The van der Waals surface area contributed by atoms with Crippen molar-refractivity contribution in [2.75, 3.05) is 32.8 Å². The number of ether oxygens (including phenoxy) is 1. The molecule has 1 aliphatic rings. The number of amides is 1. The van der Waals surface area contributed by atoms with Gasteiger partial charge in [0.15, 0.2) is 0 Å². The first-order valence-electron chi connectivity index (χ1n) is 11.2. The second-order valence-electron chi connectivity index (χ2n) is 8.63. The van der Waals surface area contributed by atoms with Gasteiger partial charge in [-0.1, -0.05) is 26.0 Å². The maximum atomic E-state index is 12.8. The number of carbonyl (C=O) groups excluding carboxylic acids is 1. The Balaban J connectivity index is 1.45. The molecule has 1 atom stereocenters. The van der Waals surface area contributed by atoms with Crippen LogP contribution in [0.2, 0.25) is 0 Å². The summed E-state index contributed by atoms with van der Waals surface area (Å²) in [5.41, 5.74) is 1.78. The van der Waals surface area contributed by atoms with Crippen LogP contribution in [-0.4, -0.2) is 59.2 Å². The first kappa shape index (κ1) is 22.2. The minimum atomic E-state index is -0.130. The van der Waals surface area contributed by atoms with Crippen LogP contribution < -0.4 is 10.9 Å². The van der Waals surface area contributed by atoms with Crippen molar-refractivity contribution in [3.8, 4) is 5.69 Å². The lowest BCUT2D eigenvalue weighted by Gasteiger charge is -2.35. The number of morpholine rings is 1. The van der Waals surface area contributed by atoms with E-state index in [9.17, 15) is 9.59 Å². The minimum Gasteiger partial charge on any atom is -0.379 e. The predicted octanol–water partition coefficient (Wildman–Crippen LogP) is 2.86. The molecule has 0 aliphatic carbocycles. The number of aromatic nitrogens is 2. The lowest BCUT2D eigenvalue weighted by Crippen LogP contribution is -2.49. The Bertz CT molecular complexity index is 1120. The van der Waals surface area contributed by atoms with E-state index in [0.717, 1.165) is 32.7 Å². The molecule has 4 rings (SSSR count). The summed E-state index contributed by atoms with van der Waals surface area (Å²) < 4.78 is 6.97. The van der Waals surface area contributed by atoms with Gasteiger partial charge in [0.1, 0.15) is 6.33 Å². The standard InChI is InChI=1S/C25H30N4O3/c1-18(2)15-21(28-11-13-32-14-12-28)16-26-24(30)19-7-9-20(10-8-19)29-17-27-23-6-4-3-5-22(23)25(29)31/h3-10,17-18,21H,11-16H2,1-2H3,(H,26,30). The summed E-state index contributed by atoms with van der Waals surface area (Å²) in [5.74, 6) is 0.440. The van der Waals surface area contributed by atoms with Crippen molar-refractivity contribution in [2.24, 2.45) is 5.92 Å². The number of hydrogen-bond donors (Lipinski definition) is 1. The highest BCUT2D eigenvalue weighted by atomic mass is 16.5. The highest BCUT2D eigenvalue weighted by Gasteiger charge is 2.22. The van der Waals surface area contributed by atoms with Crippen LogP contribution in [0.3, 0.4) is 0 Å². The number of hydrogen-bond acceptors (Lipinski definition) is 5. The van der Waals surface area contributed by atoms with Crippen LogP contribution in [0.4, 0.5) is 0 Å². The van der Waals surface area contributed by atoms with E-state index in [1.165, 1.54) is 10.9 Å². The van der Waals surface area contributed by atoms with Crippen LogP contribution in [0.1, 0.15) is 30.6 Å². The van der Waals surface area contributed by atoms with Crippen LogP contribution in [-0.2, 0) is 4.74 Å². The Kier molecular flexibility index (Phi) is 6.97. The summed E-state index contributed by atoms with van der Waals surface area (Å²) >= 11 is 0. The number of carbonyl (C=O) groups is 1. The summed E-state index contributed by atoms with van der Waals surface area (Å²) in [6, 6.07) is 14.6. The van der Waals surface area contributed by atoms with Crippen LogP contribution in [0.5, 0.6) is 0 Å². The van der Waals surface area contributed by atoms with E-state index in [0.29, 0.717) is 40.7 Å². The molecule has 0 saturated carbocycles. The molecule has 1 aromatic heterocycles. The molecule has 1 unspecified atom stereocenters. The molecule has 7 nitrogen and oxygen atoms in total. The van der Waals surface area contributed by atoms with Crippen molar-refractivity contribution in [1.29, 1.82) is 0 Å². The van der Waals surface area contributed by atoms with Gasteiger partial charge in [0.25, 0.3) is 11.5 Å². The summed E-state index contributed by atoms with van der Waals surface area (Å²) in [4.78, 5) is 32.3. The molecular formula is C25H30N4O3. The van der Waals surface area contributed by atoms with Gasteiger partial charge in [-0.15, -0.1) is 0 Å². The highest BCUT2D eigenvalue weighted by Crippen LogP contribution is 2.14. The van der Waals surface area contributed by atoms with Gasteiger partial charge < -0.3 is 10.1 Å². The zero-order valence-electron chi connectivity index (χ0n) is 18.7. The fourth-order valence-electron chi connectivity index (χ4n) is 4.19. The molecule has 1 saturated heterocycles. The van der Waals surface area contributed by atoms with E-state index in [4.69, 9.17) is 4.74 Å². The summed E-state index contributed by atoms with van der Waals surface area (Å²) in [5, 5.41) is 3.66. The molecule has 0 spiro atoms. The Morgan fingerprint density at radius 2 is 1.81 bits per heavy atom. The molecular weight excluding hydrogens is 404 g/mol. The maximum Gasteiger partial charge on any atom is 0.265 e. The molecule has 1 aliphatic heterocycles. The van der Waals surface area contributed by atoms with Crippen LogP contribution in [0.25, 0.3) is 16.6 Å². The third kappa shape index (κ3) is 5.06. The van der Waals surface area contributed by atoms with Gasteiger partial charge in [-0.2, -0.15) is 0 Å². The second-order valence-corrected chi connectivity index (χ2v) is 8.63. The van der Waals surface area contributed by atoms with Gasteiger partial charge in [-0.05, 0) is 48.7 Å². The van der Waals surface area contributed by atoms with E-state index in [-0.39, 0.29) is 11.5 Å². The number of benzene rings is 2. The molecule has 1 fully saturated rings. The van der Waals surface area contributed by atoms with Gasteiger partial charge in [0.05, 0.1) is 29.8 Å². The monoisotopic (exact) mass is 434 g/mol. The zero-order valence-corrected chi connectivity index (χ0v) is 18.7. The largest absolute Gasteiger partial charge is 0.379 e. The maximum absolute atomic E-state index is 12.8. The first-order chi connectivity index (χ1) is 15.5. The van der Waals surface area contributed by atoms with Crippen molar-refractivity contribution in [3.63, 3.8) is 0 Å². The zero-order chi connectivity index (χ0) is 22.5. The number of rotatable bonds is 7. The van der Waals surface area contributed by atoms with Crippen LogP contribution in [0.15, 0.2) is 59.7 Å². The summed E-state index contributed by atoms with van der Waals surface area (Å²) in [7, 11) is 0. The van der Waals surface area contributed by atoms with E-state index >= 15 is 0 Å². The molecule has 2 heterocycles. The van der Waals surface area contributed by atoms with Gasteiger partial charge >= 0.3 is 0 Å². The summed E-state index contributed by atoms with van der Waals surface area (Å²) in [6.45, 7) is 8.30. The second kappa shape index (κ2) is 10.1. The fourth-order valence-corrected chi connectivity index (χ4v) is 4.19. The molecule has 3 aromatic rings. The number of para-hydroxylation sites is 1. The van der Waals surface area contributed by atoms with E-state index in [1.807, 2.05) is 18.2 Å². The molecule has 32 heavy (non-hydrogen) atoms. The molecule has 7 heteroatoms. The van der Waals surface area contributed by atoms with Gasteiger partial charge in [0, 0.05) is 31.2 Å². The van der Waals surface area contributed by atoms with Crippen molar-refractivity contribution < 1.29 is 9.53 Å². The minimum absolute atomic E-state index is 0.109. The predicted molar refractivity (Wildman–Crippen MR) is 125 cm³/mol. The van der Waals surface area contributed by atoms with Gasteiger partial charge in [0.2, 0.25) is 0 Å². The first-order valence-corrected chi connectivity index (χ1v) is 11.2. The van der Waals surface area contributed by atoms with Crippen LogP contribution >= 0.6 is 0 Å². The average molecular weight is 435 g/mol. The molecule has 2 aromatic carbocycles. The van der Waals surface area contributed by atoms with Gasteiger partial charge in [-0.25, -0.2) is 4.98 Å². The smallest absolute Gasteiger partial charge is 0.265 e. The molecule has 1 amide bonds. The Labute approximate surface area is 188 Å². The van der Waals surface area contributed by atoms with E-state index in [1.54, 1.807) is 30.3 Å². The lowest BCUT2D eigenvalue weighted by molar-refractivity contribution is 0.0124. The normalized spacial score (nSPS) is 15.7. The van der Waals surface area contributed by atoms with Crippen molar-refractivity contribution in [3.05, 3.63) is 70.8 Å². The quantitative estimate of drug-likeness (QED) is 0.619. The Hall–Kier alpha value is -3.03. The number of fused-ring (bicyclic) bond motifs is 1. The summed E-state index contributed by atoms with van der Waals surface area (Å²) in [6.07, 6.45) is 2.55. The lowest BCUT2D eigenvalue weighted by atomic mass is 10.0. The molecule has 1 N–H and O–H groups in total. The third-order valence-electron chi connectivity index (χ3n) is 5.88. The number of nitrogens with zero attached hydrogens (tertiary/aromatic N) is 3. The van der Waals surface area contributed by atoms with Crippen LogP contribution in [0, 0.1) is 5.92 Å².